The summed E-state index contributed by atoms with van der Waals surface area (Å²) >= 11 is 0. The monoisotopic (exact) mass is 381 g/mol. The summed E-state index contributed by atoms with van der Waals surface area (Å²) in [5.41, 5.74) is 0.435. The first-order chi connectivity index (χ1) is 12.7. The molecule has 2 unspecified atom stereocenters. The van der Waals surface area contributed by atoms with Crippen LogP contribution in [0.1, 0.15) is 99.8 Å². The van der Waals surface area contributed by atoms with Gasteiger partial charge in [-0.2, -0.15) is 0 Å². The van der Waals surface area contributed by atoms with Gasteiger partial charge in [0.25, 0.3) is 0 Å². The molecule has 2 fully saturated rings. The maximum absolute atomic E-state index is 6.53. The van der Waals surface area contributed by atoms with Crippen LogP contribution in [-0.4, -0.2) is 42.5 Å². The highest BCUT2D eigenvalue weighted by molar-refractivity contribution is 4.90. The fourth-order valence-corrected chi connectivity index (χ4v) is 5.49. The Hall–Kier alpha value is -0.120. The molecule has 0 aromatic heterocycles. The summed E-state index contributed by atoms with van der Waals surface area (Å²) in [6.07, 6.45) is 9.83. The number of hydrogen-bond donors (Lipinski definition) is 0. The lowest BCUT2D eigenvalue weighted by atomic mass is 9.66. The van der Waals surface area contributed by atoms with Gasteiger partial charge in [-0.1, -0.05) is 41.5 Å². The molecular formula is C24H47NO2. The van der Waals surface area contributed by atoms with Gasteiger partial charge in [-0.3, -0.25) is 0 Å². The molecule has 1 heterocycles. The first-order valence-corrected chi connectivity index (χ1v) is 11.8. The van der Waals surface area contributed by atoms with E-state index in [-0.39, 0.29) is 11.9 Å². The van der Waals surface area contributed by atoms with Crippen molar-refractivity contribution < 1.29 is 9.47 Å². The predicted octanol–water partition coefficient (Wildman–Crippen LogP) is 6.26. The molecule has 3 nitrogen and oxygen atoms in total. The summed E-state index contributed by atoms with van der Waals surface area (Å²) in [5.74, 6) is 1.32. The van der Waals surface area contributed by atoms with Crippen LogP contribution in [0, 0.1) is 17.3 Å². The van der Waals surface area contributed by atoms with Crippen LogP contribution in [0.2, 0.25) is 0 Å². The van der Waals surface area contributed by atoms with Gasteiger partial charge in [-0.05, 0) is 69.2 Å². The van der Waals surface area contributed by atoms with Crippen molar-refractivity contribution in [1.82, 2.24) is 4.90 Å². The largest absolute Gasteiger partial charge is 0.347 e. The van der Waals surface area contributed by atoms with Crippen molar-refractivity contribution in [3.05, 3.63) is 0 Å². The second-order valence-corrected chi connectivity index (χ2v) is 10.4. The molecular weight excluding hydrogens is 334 g/mol. The Bertz CT molecular complexity index is 426. The van der Waals surface area contributed by atoms with E-state index in [4.69, 9.17) is 9.47 Å². The summed E-state index contributed by atoms with van der Waals surface area (Å²) in [6, 6.07) is 0.667. The molecule has 1 saturated carbocycles. The van der Waals surface area contributed by atoms with Crippen LogP contribution in [0.5, 0.6) is 0 Å². The van der Waals surface area contributed by atoms with E-state index < -0.39 is 0 Å². The fraction of sp³-hybridized carbons (Fsp3) is 1.00. The van der Waals surface area contributed by atoms with Crippen molar-refractivity contribution in [2.75, 3.05) is 19.7 Å². The van der Waals surface area contributed by atoms with Gasteiger partial charge >= 0.3 is 0 Å². The van der Waals surface area contributed by atoms with E-state index in [0.29, 0.717) is 11.5 Å². The molecule has 27 heavy (non-hydrogen) atoms. The van der Waals surface area contributed by atoms with Crippen LogP contribution in [0.25, 0.3) is 0 Å². The minimum absolute atomic E-state index is 0.263. The Morgan fingerprint density at radius 1 is 1.07 bits per heavy atom. The van der Waals surface area contributed by atoms with Crippen molar-refractivity contribution in [1.29, 1.82) is 0 Å². The third-order valence-electron chi connectivity index (χ3n) is 7.16. The van der Waals surface area contributed by atoms with E-state index in [2.05, 4.69) is 53.4 Å². The van der Waals surface area contributed by atoms with Gasteiger partial charge in [0.15, 0.2) is 5.79 Å². The Balaban J connectivity index is 1.80. The van der Waals surface area contributed by atoms with Crippen molar-refractivity contribution in [3.8, 4) is 0 Å². The highest BCUT2D eigenvalue weighted by atomic mass is 16.7. The number of rotatable bonds is 10. The molecule has 3 heteroatoms. The maximum Gasteiger partial charge on any atom is 0.168 e. The quantitative estimate of drug-likeness (QED) is 0.446. The lowest BCUT2D eigenvalue weighted by Gasteiger charge is -2.43. The predicted molar refractivity (Wildman–Crippen MR) is 115 cm³/mol. The molecule has 1 spiro atoms. The van der Waals surface area contributed by atoms with E-state index in [9.17, 15) is 0 Å². The van der Waals surface area contributed by atoms with Gasteiger partial charge in [0, 0.05) is 25.4 Å². The molecule has 0 radical (unpaired) electrons. The van der Waals surface area contributed by atoms with Crippen LogP contribution in [0.3, 0.4) is 0 Å². The second kappa shape index (κ2) is 10.1. The topological polar surface area (TPSA) is 21.7 Å². The average Bonchev–Trinajstić information content (AvgIpc) is 2.99. The van der Waals surface area contributed by atoms with E-state index in [1.54, 1.807) is 0 Å². The van der Waals surface area contributed by atoms with Crippen LogP contribution in [-0.2, 0) is 9.47 Å². The SMILES string of the molecule is CCCN(CCC1COC2(CCC(C(C)(C)CC(C)C)CC2)O1)C(C)CC. The van der Waals surface area contributed by atoms with Gasteiger partial charge in [0.1, 0.15) is 0 Å². The first-order valence-electron chi connectivity index (χ1n) is 11.8. The Morgan fingerprint density at radius 3 is 2.30 bits per heavy atom. The fourth-order valence-electron chi connectivity index (χ4n) is 5.49. The first kappa shape index (κ1) is 23.2. The summed E-state index contributed by atoms with van der Waals surface area (Å²) in [5, 5.41) is 0. The van der Waals surface area contributed by atoms with Crippen molar-refractivity contribution in [2.45, 2.75) is 118 Å². The molecule has 0 bridgehead atoms. The molecule has 0 aromatic rings. The van der Waals surface area contributed by atoms with Gasteiger partial charge in [0.2, 0.25) is 0 Å². The Labute approximate surface area is 169 Å². The van der Waals surface area contributed by atoms with Crippen molar-refractivity contribution in [2.24, 2.45) is 17.3 Å². The molecule has 2 aliphatic rings. The highest BCUT2D eigenvalue weighted by Crippen LogP contribution is 2.48. The van der Waals surface area contributed by atoms with Crippen LogP contribution in [0.4, 0.5) is 0 Å². The van der Waals surface area contributed by atoms with Gasteiger partial charge in [0.05, 0.1) is 12.7 Å². The highest BCUT2D eigenvalue weighted by Gasteiger charge is 2.46. The van der Waals surface area contributed by atoms with E-state index in [1.165, 1.54) is 38.6 Å². The lowest BCUT2D eigenvalue weighted by molar-refractivity contribution is -0.198. The lowest BCUT2D eigenvalue weighted by Crippen LogP contribution is -2.40. The number of hydrogen-bond acceptors (Lipinski definition) is 3. The Morgan fingerprint density at radius 2 is 1.74 bits per heavy atom. The molecule has 2 atom stereocenters. The summed E-state index contributed by atoms with van der Waals surface area (Å²) < 4.78 is 12.8. The molecule has 0 amide bonds. The van der Waals surface area contributed by atoms with Gasteiger partial charge in [-0.25, -0.2) is 0 Å². The summed E-state index contributed by atoms with van der Waals surface area (Å²) in [4.78, 5) is 2.62. The van der Waals surface area contributed by atoms with E-state index >= 15 is 0 Å². The second-order valence-electron chi connectivity index (χ2n) is 10.4. The van der Waals surface area contributed by atoms with Crippen LogP contribution >= 0.6 is 0 Å². The minimum Gasteiger partial charge on any atom is -0.347 e. The van der Waals surface area contributed by atoms with Crippen molar-refractivity contribution in [3.63, 3.8) is 0 Å². The zero-order chi connectivity index (χ0) is 20.1. The number of ether oxygens (including phenoxy) is 2. The standard InChI is InChI=1S/C24H47NO2/c1-8-15-25(20(5)9-2)16-12-22-18-26-24(27-22)13-10-21(11-14-24)23(6,7)17-19(3)4/h19-22H,8-18H2,1-7H3. The van der Waals surface area contributed by atoms with Crippen LogP contribution in [0.15, 0.2) is 0 Å². The molecule has 2 rings (SSSR count). The molecule has 160 valence electrons. The average molecular weight is 382 g/mol. The summed E-state index contributed by atoms with van der Waals surface area (Å²) in [6.45, 7) is 19.7. The van der Waals surface area contributed by atoms with E-state index in [1.807, 2.05) is 0 Å². The molecule has 1 aliphatic carbocycles. The third kappa shape index (κ3) is 6.44. The Kier molecular flexibility index (Phi) is 8.64. The van der Waals surface area contributed by atoms with Crippen molar-refractivity contribution >= 4 is 0 Å². The zero-order valence-corrected chi connectivity index (χ0v) is 19.4. The van der Waals surface area contributed by atoms with Gasteiger partial charge < -0.3 is 14.4 Å². The number of nitrogens with zero attached hydrogens (tertiary/aromatic N) is 1. The molecule has 0 aromatic carbocycles. The molecule has 0 N–H and O–H groups in total. The third-order valence-corrected chi connectivity index (χ3v) is 7.16. The minimum atomic E-state index is -0.263. The molecule has 1 saturated heterocycles. The maximum atomic E-state index is 6.53. The molecule has 1 aliphatic heterocycles. The van der Waals surface area contributed by atoms with Crippen LogP contribution < -0.4 is 0 Å². The van der Waals surface area contributed by atoms with E-state index in [0.717, 1.165) is 44.2 Å². The van der Waals surface area contributed by atoms with Gasteiger partial charge in [-0.15, -0.1) is 0 Å². The zero-order valence-electron chi connectivity index (χ0n) is 19.4. The smallest absolute Gasteiger partial charge is 0.168 e. The summed E-state index contributed by atoms with van der Waals surface area (Å²) in [7, 11) is 0. The normalized spacial score (nSPS) is 30.6.